The maximum absolute atomic E-state index is 12.5. The molecule has 0 aliphatic rings. The molecule has 0 saturated heterocycles. The highest BCUT2D eigenvalue weighted by Crippen LogP contribution is 2.18. The average molecular weight is 262 g/mol. The van der Waals surface area contributed by atoms with Crippen molar-refractivity contribution in [3.8, 4) is 0 Å². The van der Waals surface area contributed by atoms with Crippen LogP contribution in [0.4, 0.5) is 4.39 Å². The summed E-state index contributed by atoms with van der Waals surface area (Å²) in [6, 6.07) is 1.39. The second-order valence-corrected chi connectivity index (χ2v) is 3.35. The van der Waals surface area contributed by atoms with Gasteiger partial charge in [-0.25, -0.2) is 4.98 Å². The third-order valence-electron chi connectivity index (χ3n) is 1.48. The van der Waals surface area contributed by atoms with E-state index in [-0.39, 0.29) is 0 Å². The van der Waals surface area contributed by atoms with Gasteiger partial charge in [0.05, 0.1) is 5.52 Å². The third kappa shape index (κ3) is 1.11. The minimum absolute atomic E-state index is 0.448. The van der Waals surface area contributed by atoms with Gasteiger partial charge in [-0.2, -0.15) is 4.39 Å². The van der Waals surface area contributed by atoms with Crippen molar-refractivity contribution in [2.24, 2.45) is 0 Å². The summed E-state index contributed by atoms with van der Waals surface area (Å²) in [7, 11) is 0. The van der Waals surface area contributed by atoms with Crippen molar-refractivity contribution in [1.82, 2.24) is 9.97 Å². The summed E-state index contributed by atoms with van der Waals surface area (Å²) in [4.78, 5) is 6.49. The van der Waals surface area contributed by atoms with Crippen LogP contribution in [-0.2, 0) is 0 Å². The van der Waals surface area contributed by atoms with Crippen LogP contribution in [0.3, 0.4) is 0 Å². The van der Waals surface area contributed by atoms with E-state index in [0.717, 1.165) is 14.5 Å². The lowest BCUT2D eigenvalue weighted by molar-refractivity contribution is 0.586. The number of aromatic amines is 1. The molecule has 2 heterocycles. The van der Waals surface area contributed by atoms with Crippen molar-refractivity contribution in [1.29, 1.82) is 0 Å². The Bertz CT molecular complexity index is 396. The topological polar surface area (TPSA) is 28.7 Å². The Kier molecular flexibility index (Phi) is 1.56. The molecule has 0 aromatic carbocycles. The van der Waals surface area contributed by atoms with Crippen LogP contribution in [0.2, 0.25) is 0 Å². The summed E-state index contributed by atoms with van der Waals surface area (Å²) in [5, 5.41) is 0.965. The molecule has 0 unspecified atom stereocenters. The fourth-order valence-corrected chi connectivity index (χ4v) is 1.54. The fourth-order valence-electron chi connectivity index (χ4n) is 0.958. The van der Waals surface area contributed by atoms with E-state index in [2.05, 4.69) is 32.6 Å². The molecule has 4 heteroatoms. The van der Waals surface area contributed by atoms with Gasteiger partial charge in [-0.15, -0.1) is 0 Å². The molecule has 56 valence electrons. The van der Waals surface area contributed by atoms with Crippen LogP contribution in [-0.4, -0.2) is 9.97 Å². The second-order valence-electron chi connectivity index (χ2n) is 2.19. The Morgan fingerprint density at radius 3 is 3.18 bits per heavy atom. The van der Waals surface area contributed by atoms with Crippen LogP contribution >= 0.6 is 22.6 Å². The average Bonchev–Trinajstić information content (AvgIpc) is 2.32. The number of hydrogen-bond donors (Lipinski definition) is 1. The van der Waals surface area contributed by atoms with Crippen molar-refractivity contribution in [2.75, 3.05) is 0 Å². The van der Waals surface area contributed by atoms with Gasteiger partial charge >= 0.3 is 0 Å². The Labute approximate surface area is 76.0 Å². The molecule has 0 saturated carbocycles. The maximum atomic E-state index is 12.5. The molecule has 2 rings (SSSR count). The number of nitrogens with one attached hydrogen (secondary N) is 1. The molecule has 2 nitrogen and oxygen atoms in total. The largest absolute Gasteiger partial charge is 0.360 e. The SMILES string of the molecule is Fc1cc2[nH]cc(I)c2cn1. The predicted molar refractivity (Wildman–Crippen MR) is 48.8 cm³/mol. The van der Waals surface area contributed by atoms with Crippen LogP contribution in [0.5, 0.6) is 0 Å². The molecule has 0 radical (unpaired) electrons. The van der Waals surface area contributed by atoms with Crippen molar-refractivity contribution in [2.45, 2.75) is 0 Å². The number of aromatic nitrogens is 2. The van der Waals surface area contributed by atoms with Gasteiger partial charge in [0.1, 0.15) is 0 Å². The van der Waals surface area contributed by atoms with E-state index >= 15 is 0 Å². The molecule has 2 aromatic heterocycles. The summed E-state index contributed by atoms with van der Waals surface area (Å²) in [5.74, 6) is -0.448. The highest BCUT2D eigenvalue weighted by molar-refractivity contribution is 14.1. The van der Waals surface area contributed by atoms with Crippen molar-refractivity contribution in [3.63, 3.8) is 0 Å². The lowest BCUT2D eigenvalue weighted by Gasteiger charge is -1.88. The van der Waals surface area contributed by atoms with E-state index in [0.29, 0.717) is 0 Å². The molecular weight excluding hydrogens is 258 g/mol. The van der Waals surface area contributed by atoms with Crippen molar-refractivity contribution in [3.05, 3.63) is 28.0 Å². The lowest BCUT2D eigenvalue weighted by Crippen LogP contribution is -1.79. The van der Waals surface area contributed by atoms with Crippen LogP contribution in [0.25, 0.3) is 10.9 Å². The van der Waals surface area contributed by atoms with Gasteiger partial charge in [-0.05, 0) is 22.6 Å². The van der Waals surface area contributed by atoms with Crippen molar-refractivity contribution < 1.29 is 4.39 Å². The molecule has 2 aromatic rings. The normalized spacial score (nSPS) is 10.7. The van der Waals surface area contributed by atoms with E-state index < -0.39 is 5.95 Å². The van der Waals surface area contributed by atoms with E-state index in [4.69, 9.17) is 0 Å². The van der Waals surface area contributed by atoms with E-state index in [1.54, 1.807) is 0 Å². The first kappa shape index (κ1) is 7.02. The van der Waals surface area contributed by atoms with Gasteiger partial charge in [0.2, 0.25) is 5.95 Å². The van der Waals surface area contributed by atoms with Gasteiger partial charge in [-0.3, -0.25) is 0 Å². The second kappa shape index (κ2) is 2.44. The van der Waals surface area contributed by atoms with Crippen LogP contribution in [0.15, 0.2) is 18.5 Å². The summed E-state index contributed by atoms with van der Waals surface area (Å²) >= 11 is 2.17. The zero-order valence-electron chi connectivity index (χ0n) is 5.44. The number of H-pyrrole nitrogens is 1. The quantitative estimate of drug-likeness (QED) is 0.572. The first-order chi connectivity index (χ1) is 5.27. The molecule has 0 bridgehead atoms. The molecule has 0 fully saturated rings. The predicted octanol–water partition coefficient (Wildman–Crippen LogP) is 2.31. The first-order valence-corrected chi connectivity index (χ1v) is 4.13. The number of hydrogen-bond acceptors (Lipinski definition) is 1. The Hall–Kier alpha value is -0.650. The van der Waals surface area contributed by atoms with Gasteiger partial charge < -0.3 is 4.98 Å². The van der Waals surface area contributed by atoms with Crippen LogP contribution in [0, 0.1) is 9.52 Å². The zero-order valence-corrected chi connectivity index (χ0v) is 7.59. The summed E-state index contributed by atoms with van der Waals surface area (Å²) in [6.45, 7) is 0. The zero-order chi connectivity index (χ0) is 7.84. The van der Waals surface area contributed by atoms with E-state index in [1.165, 1.54) is 12.3 Å². The number of fused-ring (bicyclic) bond motifs is 1. The molecular formula is C7H4FIN2. The van der Waals surface area contributed by atoms with Crippen LogP contribution in [0.1, 0.15) is 0 Å². The fraction of sp³-hybridized carbons (Fsp3) is 0. The Morgan fingerprint density at radius 1 is 1.55 bits per heavy atom. The summed E-state index contributed by atoms with van der Waals surface area (Å²) in [6.07, 6.45) is 3.36. The Morgan fingerprint density at radius 2 is 2.36 bits per heavy atom. The summed E-state index contributed by atoms with van der Waals surface area (Å²) < 4.78 is 13.6. The number of rotatable bonds is 0. The molecule has 11 heavy (non-hydrogen) atoms. The molecule has 0 aliphatic carbocycles. The van der Waals surface area contributed by atoms with Gasteiger partial charge in [-0.1, -0.05) is 0 Å². The van der Waals surface area contributed by atoms with Gasteiger partial charge in [0.15, 0.2) is 0 Å². The van der Waals surface area contributed by atoms with Crippen molar-refractivity contribution >= 4 is 33.5 Å². The number of halogens is 2. The number of nitrogens with zero attached hydrogens (tertiary/aromatic N) is 1. The Balaban J connectivity index is 2.86. The number of pyridine rings is 1. The molecule has 0 amide bonds. The first-order valence-electron chi connectivity index (χ1n) is 3.05. The lowest BCUT2D eigenvalue weighted by atomic mass is 10.3. The molecule has 0 aliphatic heterocycles. The highest BCUT2D eigenvalue weighted by Gasteiger charge is 2.01. The van der Waals surface area contributed by atoms with Gasteiger partial charge in [0, 0.05) is 27.4 Å². The summed E-state index contributed by atoms with van der Waals surface area (Å²) in [5.41, 5.74) is 0.793. The molecule has 1 N–H and O–H groups in total. The smallest absolute Gasteiger partial charge is 0.214 e. The van der Waals surface area contributed by atoms with Gasteiger partial charge in [0.25, 0.3) is 0 Å². The maximum Gasteiger partial charge on any atom is 0.214 e. The van der Waals surface area contributed by atoms with E-state index in [1.807, 2.05) is 6.20 Å². The molecule has 0 atom stereocenters. The standard InChI is InChI=1S/C7H4FIN2/c8-7-1-6-4(2-11-7)5(9)3-10-6/h1-3,10H. The highest BCUT2D eigenvalue weighted by atomic mass is 127. The van der Waals surface area contributed by atoms with E-state index in [9.17, 15) is 4.39 Å². The van der Waals surface area contributed by atoms with Crippen LogP contribution < -0.4 is 0 Å². The third-order valence-corrected chi connectivity index (χ3v) is 2.37. The molecule has 0 spiro atoms. The monoisotopic (exact) mass is 262 g/mol. The minimum atomic E-state index is -0.448. The minimum Gasteiger partial charge on any atom is -0.360 e.